The van der Waals surface area contributed by atoms with E-state index in [9.17, 15) is 4.79 Å². The number of hydrogen-bond acceptors (Lipinski definition) is 6. The van der Waals surface area contributed by atoms with Crippen LogP contribution in [0, 0.1) is 6.92 Å². The Kier molecular flexibility index (Phi) is 4.64. The Labute approximate surface area is 159 Å². The van der Waals surface area contributed by atoms with Gasteiger partial charge in [-0.2, -0.15) is 0 Å². The molecule has 0 saturated carbocycles. The minimum Gasteiger partial charge on any atom is -0.497 e. The van der Waals surface area contributed by atoms with E-state index in [0.29, 0.717) is 28.9 Å². The van der Waals surface area contributed by atoms with Gasteiger partial charge >= 0.3 is 0 Å². The lowest BCUT2D eigenvalue weighted by Crippen LogP contribution is -2.05. The average molecular weight is 379 g/mol. The quantitative estimate of drug-likeness (QED) is 0.498. The Hall–Kier alpha value is -3.12. The van der Waals surface area contributed by atoms with Crippen LogP contribution in [0.5, 0.6) is 11.5 Å². The zero-order valence-corrected chi connectivity index (χ0v) is 15.7. The van der Waals surface area contributed by atoms with E-state index in [1.807, 2.05) is 37.4 Å². The van der Waals surface area contributed by atoms with Gasteiger partial charge < -0.3 is 13.9 Å². The van der Waals surface area contributed by atoms with Gasteiger partial charge in [0.1, 0.15) is 30.0 Å². The van der Waals surface area contributed by atoms with Crippen LogP contribution in [0.4, 0.5) is 0 Å². The summed E-state index contributed by atoms with van der Waals surface area (Å²) in [6, 6.07) is 12.6. The van der Waals surface area contributed by atoms with Gasteiger partial charge in [0.25, 0.3) is 0 Å². The molecule has 2 aromatic carbocycles. The Morgan fingerprint density at radius 3 is 2.59 bits per heavy atom. The van der Waals surface area contributed by atoms with Crippen molar-refractivity contribution in [1.82, 2.24) is 4.98 Å². The van der Waals surface area contributed by atoms with Crippen molar-refractivity contribution < 1.29 is 13.9 Å². The van der Waals surface area contributed by atoms with E-state index >= 15 is 0 Å². The summed E-state index contributed by atoms with van der Waals surface area (Å²) in [7, 11) is 1.61. The minimum atomic E-state index is -0.0777. The fourth-order valence-corrected chi connectivity index (χ4v) is 3.50. The molecule has 136 valence electrons. The molecule has 0 saturated heterocycles. The number of ether oxygens (including phenoxy) is 2. The Morgan fingerprint density at radius 1 is 1.11 bits per heavy atom. The minimum absolute atomic E-state index is 0.0777. The number of aryl methyl sites for hydroxylation is 1. The molecule has 0 aliphatic carbocycles. The second-order valence-electron chi connectivity index (χ2n) is 6.00. The second-order valence-corrected chi connectivity index (χ2v) is 7.32. The number of nitrogens with zero attached hydrogens (tertiary/aromatic N) is 1. The molecule has 6 heteroatoms. The lowest BCUT2D eigenvalue weighted by atomic mass is 10.1. The SMILES string of the molecule is COc1ccc(-c2coc3cc(OCc4cnc(C)s4)ccc3c2=O)cc1. The van der Waals surface area contributed by atoms with E-state index in [1.54, 1.807) is 36.6 Å². The molecule has 0 spiro atoms. The van der Waals surface area contributed by atoms with Crippen LogP contribution in [-0.2, 0) is 6.61 Å². The van der Waals surface area contributed by atoms with Gasteiger partial charge in [-0.15, -0.1) is 11.3 Å². The van der Waals surface area contributed by atoms with Gasteiger partial charge in [-0.3, -0.25) is 4.79 Å². The summed E-state index contributed by atoms with van der Waals surface area (Å²) in [4.78, 5) is 18.1. The molecular weight excluding hydrogens is 362 g/mol. The normalized spacial score (nSPS) is 10.9. The van der Waals surface area contributed by atoms with Crippen molar-refractivity contribution in [2.24, 2.45) is 0 Å². The van der Waals surface area contributed by atoms with Crippen LogP contribution < -0.4 is 14.9 Å². The van der Waals surface area contributed by atoms with Crippen molar-refractivity contribution in [2.45, 2.75) is 13.5 Å². The maximum absolute atomic E-state index is 12.8. The first kappa shape index (κ1) is 17.3. The average Bonchev–Trinajstić information content (AvgIpc) is 3.12. The fourth-order valence-electron chi connectivity index (χ4n) is 2.79. The number of thiazole rings is 1. The summed E-state index contributed by atoms with van der Waals surface area (Å²) in [6.07, 6.45) is 3.30. The van der Waals surface area contributed by atoms with Crippen molar-refractivity contribution in [3.63, 3.8) is 0 Å². The number of benzene rings is 2. The zero-order chi connectivity index (χ0) is 18.8. The number of methoxy groups -OCH3 is 1. The predicted octanol–water partition coefficient (Wildman–Crippen LogP) is 4.81. The fraction of sp³-hybridized carbons (Fsp3) is 0.143. The van der Waals surface area contributed by atoms with Gasteiger partial charge in [0, 0.05) is 12.3 Å². The molecule has 0 radical (unpaired) electrons. The molecule has 4 rings (SSSR count). The van der Waals surface area contributed by atoms with E-state index in [0.717, 1.165) is 21.2 Å². The van der Waals surface area contributed by atoms with E-state index in [4.69, 9.17) is 13.9 Å². The molecule has 0 unspecified atom stereocenters. The van der Waals surface area contributed by atoms with Crippen LogP contribution >= 0.6 is 11.3 Å². The van der Waals surface area contributed by atoms with Crippen molar-refractivity contribution in [3.05, 3.63) is 75.0 Å². The molecule has 27 heavy (non-hydrogen) atoms. The molecule has 0 aliphatic rings. The third-order valence-corrected chi connectivity index (χ3v) is 5.08. The standard InChI is InChI=1S/C21H17NO4S/c1-13-22-10-17(27-13)11-25-16-7-8-18-20(9-16)26-12-19(21(18)23)14-3-5-15(24-2)6-4-14/h3-10,12H,11H2,1-2H3. The highest BCUT2D eigenvalue weighted by Gasteiger charge is 2.10. The lowest BCUT2D eigenvalue weighted by molar-refractivity contribution is 0.309. The second kappa shape index (κ2) is 7.25. The smallest absolute Gasteiger partial charge is 0.200 e. The van der Waals surface area contributed by atoms with Crippen molar-refractivity contribution in [2.75, 3.05) is 7.11 Å². The molecule has 5 nitrogen and oxygen atoms in total. The van der Waals surface area contributed by atoms with Gasteiger partial charge in [0.2, 0.25) is 0 Å². The maximum Gasteiger partial charge on any atom is 0.200 e. The summed E-state index contributed by atoms with van der Waals surface area (Å²) < 4.78 is 16.7. The van der Waals surface area contributed by atoms with E-state index < -0.39 is 0 Å². The predicted molar refractivity (Wildman–Crippen MR) is 106 cm³/mol. The first-order valence-corrected chi connectivity index (χ1v) is 9.20. The van der Waals surface area contributed by atoms with Gasteiger partial charge in [-0.05, 0) is 36.8 Å². The Balaban J connectivity index is 1.62. The van der Waals surface area contributed by atoms with Crippen molar-refractivity contribution >= 4 is 22.3 Å². The number of rotatable bonds is 5. The molecule has 0 fully saturated rings. The number of hydrogen-bond donors (Lipinski definition) is 0. The zero-order valence-electron chi connectivity index (χ0n) is 14.9. The molecule has 2 aromatic heterocycles. The first-order valence-electron chi connectivity index (χ1n) is 8.38. The van der Waals surface area contributed by atoms with E-state index in [-0.39, 0.29) is 5.43 Å². The number of fused-ring (bicyclic) bond motifs is 1. The summed E-state index contributed by atoms with van der Waals surface area (Å²) in [5.74, 6) is 1.38. The van der Waals surface area contributed by atoms with Crippen LogP contribution in [0.25, 0.3) is 22.1 Å². The largest absolute Gasteiger partial charge is 0.497 e. The van der Waals surface area contributed by atoms with Gasteiger partial charge in [-0.25, -0.2) is 4.98 Å². The van der Waals surface area contributed by atoms with E-state index in [1.165, 1.54) is 6.26 Å². The van der Waals surface area contributed by atoms with Crippen molar-refractivity contribution in [1.29, 1.82) is 0 Å². The Bertz CT molecular complexity index is 1150. The summed E-state index contributed by atoms with van der Waals surface area (Å²) in [5, 5.41) is 1.52. The Morgan fingerprint density at radius 2 is 1.89 bits per heavy atom. The highest BCUT2D eigenvalue weighted by Crippen LogP contribution is 2.25. The first-order chi connectivity index (χ1) is 13.1. The number of aromatic nitrogens is 1. The molecule has 0 N–H and O–H groups in total. The highest BCUT2D eigenvalue weighted by atomic mass is 32.1. The van der Waals surface area contributed by atoms with Crippen molar-refractivity contribution in [3.8, 4) is 22.6 Å². The van der Waals surface area contributed by atoms with E-state index in [2.05, 4.69) is 4.98 Å². The maximum atomic E-state index is 12.8. The van der Waals surface area contributed by atoms with Crippen LogP contribution in [0.3, 0.4) is 0 Å². The summed E-state index contributed by atoms with van der Waals surface area (Å²) in [5.41, 5.74) is 1.72. The molecule has 0 atom stereocenters. The molecular formula is C21H17NO4S. The topological polar surface area (TPSA) is 61.6 Å². The van der Waals surface area contributed by atoms with Gasteiger partial charge in [0.05, 0.1) is 27.9 Å². The van der Waals surface area contributed by atoms with Crippen LogP contribution in [0.1, 0.15) is 9.88 Å². The molecule has 0 amide bonds. The van der Waals surface area contributed by atoms with Crippen LogP contribution in [0.2, 0.25) is 0 Å². The third kappa shape index (κ3) is 3.57. The highest BCUT2D eigenvalue weighted by molar-refractivity contribution is 7.11. The van der Waals surface area contributed by atoms with Crippen LogP contribution in [-0.4, -0.2) is 12.1 Å². The van der Waals surface area contributed by atoms with Gasteiger partial charge in [-0.1, -0.05) is 12.1 Å². The summed E-state index contributed by atoms with van der Waals surface area (Å²) in [6.45, 7) is 2.39. The lowest BCUT2D eigenvalue weighted by Gasteiger charge is -2.07. The monoisotopic (exact) mass is 379 g/mol. The molecule has 2 heterocycles. The van der Waals surface area contributed by atoms with Gasteiger partial charge in [0.15, 0.2) is 5.43 Å². The summed E-state index contributed by atoms with van der Waals surface area (Å²) >= 11 is 1.60. The molecule has 0 bridgehead atoms. The molecule has 0 aliphatic heterocycles. The third-order valence-electron chi connectivity index (χ3n) is 4.20. The van der Waals surface area contributed by atoms with Crippen LogP contribution in [0.15, 0.2) is 64.1 Å². The molecule has 4 aromatic rings.